The fourth-order valence-corrected chi connectivity index (χ4v) is 4.04. The third-order valence-corrected chi connectivity index (χ3v) is 5.31. The molecular formula is C14H21NO3S. The number of benzene rings is 1. The summed E-state index contributed by atoms with van der Waals surface area (Å²) in [5.41, 5.74) is 0.947. The van der Waals surface area contributed by atoms with Gasteiger partial charge >= 0.3 is 0 Å². The van der Waals surface area contributed by atoms with Crippen LogP contribution in [0.25, 0.3) is 0 Å². The van der Waals surface area contributed by atoms with Gasteiger partial charge in [-0.05, 0) is 43.3 Å². The van der Waals surface area contributed by atoms with Crippen molar-refractivity contribution in [3.05, 3.63) is 35.9 Å². The van der Waals surface area contributed by atoms with Gasteiger partial charge in [0.15, 0.2) is 0 Å². The highest BCUT2D eigenvalue weighted by atomic mass is 32.2. The summed E-state index contributed by atoms with van der Waals surface area (Å²) in [5, 5.41) is 2.50. The smallest absolute Gasteiger partial charge is 0.268 e. The molecule has 0 bridgehead atoms. The minimum Gasteiger partial charge on any atom is -0.316 e. The molecule has 2 rings (SSSR count). The van der Waals surface area contributed by atoms with Crippen LogP contribution in [0.15, 0.2) is 30.3 Å². The van der Waals surface area contributed by atoms with Gasteiger partial charge in [0.1, 0.15) is 0 Å². The Morgan fingerprint density at radius 2 is 2.05 bits per heavy atom. The van der Waals surface area contributed by atoms with Crippen LogP contribution in [0, 0.1) is 11.8 Å². The molecule has 0 aliphatic carbocycles. The summed E-state index contributed by atoms with van der Waals surface area (Å²) < 4.78 is 33.0. The highest BCUT2D eigenvalue weighted by molar-refractivity contribution is 7.86. The van der Waals surface area contributed by atoms with Crippen molar-refractivity contribution < 1.29 is 13.0 Å². The Hall–Kier alpha value is -0.910. The Bertz CT molecular complexity index is 501. The van der Waals surface area contributed by atoms with Crippen molar-refractivity contribution in [1.29, 1.82) is 0 Å². The number of hydrogen-bond acceptors (Lipinski definition) is 3. The summed E-state index contributed by atoms with van der Waals surface area (Å²) in [6.45, 7) is 3.63. The Labute approximate surface area is 115 Å². The van der Waals surface area contributed by atoms with Crippen LogP contribution in [-0.4, -0.2) is 31.3 Å². The summed E-state index contributed by atoms with van der Waals surface area (Å²) in [6.07, 6.45) is 1.32. The van der Waals surface area contributed by atoms with Crippen molar-refractivity contribution in [3.63, 3.8) is 0 Å². The fraction of sp³-hybridized carbons (Fsp3) is 0.571. The molecule has 1 heterocycles. The summed E-state index contributed by atoms with van der Waals surface area (Å²) in [6, 6.07) is 9.48. The first-order valence-electron chi connectivity index (χ1n) is 6.69. The van der Waals surface area contributed by atoms with Crippen LogP contribution in [0.4, 0.5) is 0 Å². The second-order valence-corrected chi connectivity index (χ2v) is 7.01. The lowest BCUT2D eigenvalue weighted by Gasteiger charge is -2.34. The molecule has 0 amide bonds. The minimum atomic E-state index is -4.04. The second-order valence-electron chi connectivity index (χ2n) is 5.38. The predicted octanol–water partition coefficient (Wildman–Crippen LogP) is 1.73. The summed E-state index contributed by atoms with van der Waals surface area (Å²) >= 11 is 0. The summed E-state index contributed by atoms with van der Waals surface area (Å²) in [7, 11) is -4.04. The van der Waals surface area contributed by atoms with Gasteiger partial charge in [0, 0.05) is 0 Å². The molecule has 0 spiro atoms. The highest BCUT2D eigenvalue weighted by Crippen LogP contribution is 2.28. The van der Waals surface area contributed by atoms with E-state index in [1.165, 1.54) is 0 Å². The molecular weight excluding hydrogens is 262 g/mol. The van der Waals surface area contributed by atoms with Crippen molar-refractivity contribution in [2.24, 2.45) is 11.8 Å². The standard InChI is InChI=1S/C14H21NO3S/c1-11-7-8-15-10-13(11)14(19(16,17)18)9-12-5-3-2-4-6-12/h2-6,11,13-15H,7-10H2,1H3,(H,16,17,18). The molecule has 0 radical (unpaired) electrons. The molecule has 3 unspecified atom stereocenters. The molecule has 2 N–H and O–H groups in total. The van der Waals surface area contributed by atoms with E-state index in [1.807, 2.05) is 30.3 Å². The maximum absolute atomic E-state index is 11.7. The van der Waals surface area contributed by atoms with E-state index in [-0.39, 0.29) is 5.92 Å². The monoisotopic (exact) mass is 283 g/mol. The Kier molecular flexibility index (Phi) is 4.60. The van der Waals surface area contributed by atoms with Crippen molar-refractivity contribution in [2.45, 2.75) is 25.0 Å². The van der Waals surface area contributed by atoms with Crippen LogP contribution < -0.4 is 5.32 Å². The lowest BCUT2D eigenvalue weighted by atomic mass is 9.83. The summed E-state index contributed by atoms with van der Waals surface area (Å²) in [5.74, 6) is 0.265. The lowest BCUT2D eigenvalue weighted by Crippen LogP contribution is -2.45. The van der Waals surface area contributed by atoms with E-state index in [0.29, 0.717) is 18.9 Å². The maximum Gasteiger partial charge on any atom is 0.268 e. The van der Waals surface area contributed by atoms with Crippen molar-refractivity contribution in [3.8, 4) is 0 Å². The first kappa shape index (κ1) is 14.5. The van der Waals surface area contributed by atoms with Crippen LogP contribution in [0.1, 0.15) is 18.9 Å². The van der Waals surface area contributed by atoms with Crippen molar-refractivity contribution >= 4 is 10.1 Å². The number of rotatable bonds is 4. The Morgan fingerprint density at radius 3 is 2.63 bits per heavy atom. The predicted molar refractivity (Wildman–Crippen MR) is 75.6 cm³/mol. The average Bonchev–Trinajstić information content (AvgIpc) is 2.37. The van der Waals surface area contributed by atoms with E-state index < -0.39 is 15.4 Å². The lowest BCUT2D eigenvalue weighted by molar-refractivity contribution is 0.254. The molecule has 4 nitrogen and oxygen atoms in total. The molecule has 3 atom stereocenters. The molecule has 1 aliphatic heterocycles. The topological polar surface area (TPSA) is 66.4 Å². The number of nitrogens with one attached hydrogen (secondary N) is 1. The van der Waals surface area contributed by atoms with Crippen LogP contribution in [0.3, 0.4) is 0 Å². The quantitative estimate of drug-likeness (QED) is 0.826. The zero-order valence-corrected chi connectivity index (χ0v) is 11.9. The van der Waals surface area contributed by atoms with E-state index in [2.05, 4.69) is 12.2 Å². The normalized spacial score (nSPS) is 26.0. The SMILES string of the molecule is CC1CCNCC1C(Cc1ccccc1)S(=O)(=O)O. The molecule has 1 aromatic carbocycles. The van der Waals surface area contributed by atoms with Gasteiger partial charge in [0.2, 0.25) is 0 Å². The van der Waals surface area contributed by atoms with Crippen molar-refractivity contribution in [1.82, 2.24) is 5.32 Å². The number of hydrogen-bond donors (Lipinski definition) is 2. The van der Waals surface area contributed by atoms with Gasteiger partial charge in [0.25, 0.3) is 10.1 Å². The minimum absolute atomic E-state index is 0.0380. The highest BCUT2D eigenvalue weighted by Gasteiger charge is 2.36. The summed E-state index contributed by atoms with van der Waals surface area (Å²) in [4.78, 5) is 0. The molecule has 1 aliphatic rings. The fourth-order valence-electron chi connectivity index (χ4n) is 2.84. The zero-order chi connectivity index (χ0) is 13.9. The third kappa shape index (κ3) is 3.78. The van der Waals surface area contributed by atoms with Gasteiger partial charge in [-0.3, -0.25) is 4.55 Å². The average molecular weight is 283 g/mol. The van der Waals surface area contributed by atoms with Crippen LogP contribution in [-0.2, 0) is 16.5 Å². The van der Waals surface area contributed by atoms with Gasteiger partial charge < -0.3 is 5.32 Å². The second kappa shape index (κ2) is 6.03. The number of piperidine rings is 1. The van der Waals surface area contributed by atoms with Crippen LogP contribution >= 0.6 is 0 Å². The maximum atomic E-state index is 11.7. The van der Waals surface area contributed by atoms with Crippen LogP contribution in [0.5, 0.6) is 0 Å². The van der Waals surface area contributed by atoms with Gasteiger partial charge in [-0.1, -0.05) is 37.3 Å². The molecule has 1 fully saturated rings. The first-order chi connectivity index (χ1) is 8.98. The van der Waals surface area contributed by atoms with Gasteiger partial charge in [0.05, 0.1) is 5.25 Å². The largest absolute Gasteiger partial charge is 0.316 e. The molecule has 5 heteroatoms. The van der Waals surface area contributed by atoms with Gasteiger partial charge in [-0.25, -0.2) is 0 Å². The van der Waals surface area contributed by atoms with E-state index in [0.717, 1.165) is 18.5 Å². The first-order valence-corrected chi connectivity index (χ1v) is 8.19. The molecule has 1 saturated heterocycles. The molecule has 0 aromatic heterocycles. The van der Waals surface area contributed by atoms with Crippen LogP contribution in [0.2, 0.25) is 0 Å². The Balaban J connectivity index is 2.21. The molecule has 0 saturated carbocycles. The van der Waals surface area contributed by atoms with Gasteiger partial charge in [-0.15, -0.1) is 0 Å². The zero-order valence-electron chi connectivity index (χ0n) is 11.1. The van der Waals surface area contributed by atoms with Crippen molar-refractivity contribution in [2.75, 3.05) is 13.1 Å². The third-order valence-electron chi connectivity index (χ3n) is 4.03. The molecule has 19 heavy (non-hydrogen) atoms. The van der Waals surface area contributed by atoms with E-state index >= 15 is 0 Å². The van der Waals surface area contributed by atoms with E-state index in [4.69, 9.17) is 0 Å². The molecule has 1 aromatic rings. The van der Waals surface area contributed by atoms with E-state index in [9.17, 15) is 13.0 Å². The molecule has 106 valence electrons. The Morgan fingerprint density at radius 1 is 1.37 bits per heavy atom. The van der Waals surface area contributed by atoms with Gasteiger partial charge in [-0.2, -0.15) is 8.42 Å². The van der Waals surface area contributed by atoms with E-state index in [1.54, 1.807) is 0 Å².